The summed E-state index contributed by atoms with van der Waals surface area (Å²) in [6.07, 6.45) is -4.55. The summed E-state index contributed by atoms with van der Waals surface area (Å²) >= 11 is 3.08. The molecule has 0 atom stereocenters. The van der Waals surface area contributed by atoms with Gasteiger partial charge in [0.25, 0.3) is 0 Å². The highest BCUT2D eigenvalue weighted by Crippen LogP contribution is 2.26. The van der Waals surface area contributed by atoms with E-state index in [1.54, 1.807) is 18.4 Å². The first-order valence-corrected chi connectivity index (χ1v) is 9.68. The minimum absolute atomic E-state index is 0.118. The Morgan fingerprint density at radius 3 is 2.56 bits per heavy atom. The molecule has 0 aliphatic carbocycles. The van der Waals surface area contributed by atoms with Gasteiger partial charge in [-0.1, -0.05) is 12.1 Å². The standard InChI is InChI=1S/C18H15F3N2O2S2/c1-23(9-12-2-4-15(5-3-12)25-18(19,20)21)16(24)8-14-11-27-17(22-14)13-6-7-26-10-13/h2-7,10-11H,8-9H2,1H3. The maximum atomic E-state index is 12.4. The Balaban J connectivity index is 1.56. The Morgan fingerprint density at radius 1 is 1.19 bits per heavy atom. The number of alkyl halides is 3. The summed E-state index contributed by atoms with van der Waals surface area (Å²) in [4.78, 5) is 18.4. The number of carbonyl (C=O) groups excluding carboxylic acids is 1. The number of thiazole rings is 1. The molecule has 0 aliphatic heterocycles. The monoisotopic (exact) mass is 412 g/mol. The van der Waals surface area contributed by atoms with Gasteiger partial charge in [-0.2, -0.15) is 11.3 Å². The van der Waals surface area contributed by atoms with Gasteiger partial charge in [-0.25, -0.2) is 4.98 Å². The average molecular weight is 412 g/mol. The molecule has 142 valence electrons. The summed E-state index contributed by atoms with van der Waals surface area (Å²) in [7, 11) is 1.65. The predicted octanol–water partition coefficient (Wildman–Crippen LogP) is 4.97. The summed E-state index contributed by atoms with van der Waals surface area (Å²) in [6, 6.07) is 7.45. The number of amides is 1. The molecule has 3 aromatic rings. The van der Waals surface area contributed by atoms with Crippen molar-refractivity contribution < 1.29 is 22.7 Å². The van der Waals surface area contributed by atoms with Crippen molar-refractivity contribution in [2.24, 2.45) is 0 Å². The van der Waals surface area contributed by atoms with Crippen LogP contribution in [0.5, 0.6) is 5.75 Å². The van der Waals surface area contributed by atoms with Crippen molar-refractivity contribution in [2.45, 2.75) is 19.3 Å². The minimum Gasteiger partial charge on any atom is -0.406 e. The highest BCUT2D eigenvalue weighted by Gasteiger charge is 2.30. The highest BCUT2D eigenvalue weighted by atomic mass is 32.1. The summed E-state index contributed by atoms with van der Waals surface area (Å²) in [5, 5.41) is 6.72. The SMILES string of the molecule is CN(Cc1ccc(OC(F)(F)F)cc1)C(=O)Cc1csc(-c2ccsc2)n1. The van der Waals surface area contributed by atoms with Gasteiger partial charge in [0.15, 0.2) is 0 Å². The molecule has 2 heterocycles. The maximum absolute atomic E-state index is 12.4. The number of hydrogen-bond acceptors (Lipinski definition) is 5. The largest absolute Gasteiger partial charge is 0.573 e. The Kier molecular flexibility index (Phi) is 5.81. The van der Waals surface area contributed by atoms with E-state index in [9.17, 15) is 18.0 Å². The number of nitrogens with zero attached hydrogens (tertiary/aromatic N) is 2. The summed E-state index contributed by atoms with van der Waals surface area (Å²) < 4.78 is 40.4. The Hall–Kier alpha value is -2.39. The van der Waals surface area contributed by atoms with E-state index in [2.05, 4.69) is 9.72 Å². The Morgan fingerprint density at radius 2 is 1.93 bits per heavy atom. The summed E-state index contributed by atoms with van der Waals surface area (Å²) in [6.45, 7) is 0.284. The number of benzene rings is 1. The van der Waals surface area contributed by atoms with Crippen molar-refractivity contribution in [2.75, 3.05) is 7.05 Å². The van der Waals surface area contributed by atoms with Crippen molar-refractivity contribution in [1.82, 2.24) is 9.88 Å². The first-order chi connectivity index (χ1) is 12.8. The molecular formula is C18H15F3N2O2S2. The average Bonchev–Trinajstić information content (AvgIpc) is 3.26. The third-order valence-corrected chi connectivity index (χ3v) is 5.28. The first-order valence-electron chi connectivity index (χ1n) is 7.86. The van der Waals surface area contributed by atoms with Crippen molar-refractivity contribution in [1.29, 1.82) is 0 Å². The third-order valence-electron chi connectivity index (χ3n) is 3.65. The zero-order valence-corrected chi connectivity index (χ0v) is 15.8. The predicted molar refractivity (Wildman–Crippen MR) is 98.7 cm³/mol. The molecule has 0 spiro atoms. The fourth-order valence-electron chi connectivity index (χ4n) is 2.36. The maximum Gasteiger partial charge on any atom is 0.573 e. The number of halogens is 3. The van der Waals surface area contributed by atoms with Crippen LogP contribution in [-0.2, 0) is 17.8 Å². The molecule has 9 heteroatoms. The number of carbonyl (C=O) groups is 1. The van der Waals surface area contributed by atoms with Crippen LogP contribution in [0.4, 0.5) is 13.2 Å². The van der Waals surface area contributed by atoms with Crippen LogP contribution in [0.25, 0.3) is 10.6 Å². The van der Waals surface area contributed by atoms with E-state index < -0.39 is 6.36 Å². The molecule has 1 amide bonds. The molecule has 0 aliphatic rings. The molecule has 1 aromatic carbocycles. The molecule has 3 rings (SSSR count). The molecule has 0 saturated carbocycles. The summed E-state index contributed by atoms with van der Waals surface area (Å²) in [5.74, 6) is -0.406. The van der Waals surface area contributed by atoms with Gasteiger partial charge in [0.05, 0.1) is 12.1 Å². The lowest BCUT2D eigenvalue weighted by molar-refractivity contribution is -0.274. The fraction of sp³-hybridized carbons (Fsp3) is 0.222. The van der Waals surface area contributed by atoms with Crippen molar-refractivity contribution in [3.05, 3.63) is 57.7 Å². The molecule has 0 fully saturated rings. The van der Waals surface area contributed by atoms with E-state index in [0.29, 0.717) is 11.3 Å². The molecule has 0 saturated heterocycles. The molecule has 27 heavy (non-hydrogen) atoms. The highest BCUT2D eigenvalue weighted by molar-refractivity contribution is 7.14. The van der Waals surface area contributed by atoms with Crippen LogP contribution in [0, 0.1) is 0 Å². The van der Waals surface area contributed by atoms with Crippen LogP contribution < -0.4 is 4.74 Å². The molecule has 0 N–H and O–H groups in total. The van der Waals surface area contributed by atoms with Gasteiger partial charge >= 0.3 is 6.36 Å². The topological polar surface area (TPSA) is 42.4 Å². The summed E-state index contributed by atoms with van der Waals surface area (Å²) in [5.41, 5.74) is 2.45. The van der Waals surface area contributed by atoms with Gasteiger partial charge in [0, 0.05) is 29.9 Å². The zero-order chi connectivity index (χ0) is 19.4. The number of aromatic nitrogens is 1. The number of rotatable bonds is 6. The van der Waals surface area contributed by atoms with E-state index >= 15 is 0 Å². The Labute approximate surface area is 161 Å². The van der Waals surface area contributed by atoms with Crippen LogP contribution in [0.2, 0.25) is 0 Å². The number of thiophene rings is 1. The quantitative estimate of drug-likeness (QED) is 0.574. The van der Waals surface area contributed by atoms with Crippen LogP contribution in [0.3, 0.4) is 0 Å². The normalized spacial score (nSPS) is 11.4. The van der Waals surface area contributed by atoms with Crippen LogP contribution in [0.15, 0.2) is 46.5 Å². The number of likely N-dealkylation sites (N-methyl/N-ethyl adjacent to an activating group) is 1. The van der Waals surface area contributed by atoms with Crippen LogP contribution >= 0.6 is 22.7 Å². The van der Waals surface area contributed by atoms with Gasteiger partial charge < -0.3 is 9.64 Å². The number of ether oxygens (including phenoxy) is 1. The van der Waals surface area contributed by atoms with Crippen molar-refractivity contribution in [3.63, 3.8) is 0 Å². The molecule has 0 radical (unpaired) electrons. The van der Waals surface area contributed by atoms with Gasteiger partial charge in [0.1, 0.15) is 10.8 Å². The second kappa shape index (κ2) is 8.10. The molecule has 0 unspecified atom stereocenters. The van der Waals surface area contributed by atoms with E-state index in [1.165, 1.54) is 40.5 Å². The molecule has 0 bridgehead atoms. The molecule has 4 nitrogen and oxygen atoms in total. The van der Waals surface area contributed by atoms with E-state index in [0.717, 1.165) is 10.6 Å². The lowest BCUT2D eigenvalue weighted by Crippen LogP contribution is -2.27. The van der Waals surface area contributed by atoms with Gasteiger partial charge in [-0.05, 0) is 29.1 Å². The fourth-order valence-corrected chi connectivity index (χ4v) is 3.89. The van der Waals surface area contributed by atoms with E-state index in [-0.39, 0.29) is 24.6 Å². The molecule has 2 aromatic heterocycles. The third kappa shape index (κ3) is 5.54. The zero-order valence-electron chi connectivity index (χ0n) is 14.2. The Bertz CT molecular complexity index is 890. The van der Waals surface area contributed by atoms with Crippen LogP contribution in [0.1, 0.15) is 11.3 Å². The van der Waals surface area contributed by atoms with E-state index in [4.69, 9.17) is 0 Å². The lowest BCUT2D eigenvalue weighted by atomic mass is 10.2. The second-order valence-electron chi connectivity index (χ2n) is 5.77. The van der Waals surface area contributed by atoms with Crippen molar-refractivity contribution in [3.8, 4) is 16.3 Å². The van der Waals surface area contributed by atoms with E-state index in [1.807, 2.05) is 22.2 Å². The van der Waals surface area contributed by atoms with Gasteiger partial charge in [-0.3, -0.25) is 4.79 Å². The van der Waals surface area contributed by atoms with Gasteiger partial charge in [0.2, 0.25) is 5.91 Å². The molecular weight excluding hydrogens is 397 g/mol. The van der Waals surface area contributed by atoms with Crippen molar-refractivity contribution >= 4 is 28.6 Å². The number of hydrogen-bond donors (Lipinski definition) is 0. The second-order valence-corrected chi connectivity index (χ2v) is 7.41. The smallest absolute Gasteiger partial charge is 0.406 e. The van der Waals surface area contributed by atoms with Crippen LogP contribution in [-0.4, -0.2) is 29.2 Å². The lowest BCUT2D eigenvalue weighted by Gasteiger charge is -2.17. The van der Waals surface area contributed by atoms with Gasteiger partial charge in [-0.15, -0.1) is 24.5 Å². The first kappa shape index (κ1) is 19.4. The minimum atomic E-state index is -4.72.